The molecule has 0 aromatic carbocycles. The van der Waals surface area contributed by atoms with E-state index in [9.17, 15) is 9.59 Å². The quantitative estimate of drug-likeness (QED) is 0.565. The van der Waals surface area contributed by atoms with Crippen LogP contribution in [0.2, 0.25) is 0 Å². The van der Waals surface area contributed by atoms with E-state index >= 15 is 0 Å². The van der Waals surface area contributed by atoms with Gasteiger partial charge in [0.25, 0.3) is 0 Å². The van der Waals surface area contributed by atoms with Crippen LogP contribution in [0.25, 0.3) is 0 Å². The SMILES string of the molecule is CC(=O)C1C2CCCC(=O)C21. The predicted molar refractivity (Wildman–Crippen MR) is 40.0 cm³/mol. The summed E-state index contributed by atoms with van der Waals surface area (Å²) in [5, 5.41) is 0. The molecule has 11 heavy (non-hydrogen) atoms. The zero-order valence-corrected chi connectivity index (χ0v) is 6.67. The number of carbonyl (C=O) groups is 2. The summed E-state index contributed by atoms with van der Waals surface area (Å²) in [7, 11) is 0. The second-order valence-electron chi connectivity index (χ2n) is 3.68. The van der Waals surface area contributed by atoms with Crippen LogP contribution in [0.15, 0.2) is 0 Å². The second kappa shape index (κ2) is 2.16. The molecule has 0 bridgehead atoms. The lowest BCUT2D eigenvalue weighted by atomic mass is 10.00. The van der Waals surface area contributed by atoms with Gasteiger partial charge in [-0.05, 0) is 25.7 Å². The van der Waals surface area contributed by atoms with Crippen molar-refractivity contribution in [2.24, 2.45) is 17.8 Å². The lowest BCUT2D eigenvalue weighted by Gasteiger charge is -2.04. The molecule has 2 aliphatic carbocycles. The van der Waals surface area contributed by atoms with Crippen molar-refractivity contribution in [1.29, 1.82) is 0 Å². The molecule has 0 aliphatic heterocycles. The summed E-state index contributed by atoms with van der Waals surface area (Å²) >= 11 is 0. The number of ketones is 2. The third-order valence-corrected chi connectivity index (χ3v) is 2.97. The Morgan fingerprint density at radius 1 is 1.55 bits per heavy atom. The van der Waals surface area contributed by atoms with Crippen molar-refractivity contribution in [3.8, 4) is 0 Å². The summed E-state index contributed by atoms with van der Waals surface area (Å²) in [4.78, 5) is 22.2. The molecule has 0 aromatic heterocycles. The Morgan fingerprint density at radius 2 is 2.27 bits per heavy atom. The van der Waals surface area contributed by atoms with E-state index < -0.39 is 0 Å². The summed E-state index contributed by atoms with van der Waals surface area (Å²) in [6, 6.07) is 0. The van der Waals surface area contributed by atoms with E-state index in [0.29, 0.717) is 18.1 Å². The fourth-order valence-electron chi connectivity index (χ4n) is 2.41. The Bertz CT molecular complexity index is 216. The standard InChI is InChI=1S/C9H12O2/c1-5(10)8-6-3-2-4-7(11)9(6)8/h6,8-9H,2-4H2,1H3. The maximum atomic E-state index is 11.2. The van der Waals surface area contributed by atoms with Crippen LogP contribution in [0.5, 0.6) is 0 Å². The van der Waals surface area contributed by atoms with E-state index in [0.717, 1.165) is 12.8 Å². The van der Waals surface area contributed by atoms with Gasteiger partial charge in [-0.3, -0.25) is 9.59 Å². The molecule has 0 N–H and O–H groups in total. The molecular formula is C9H12O2. The van der Waals surface area contributed by atoms with Crippen LogP contribution in [-0.2, 0) is 9.59 Å². The molecule has 0 radical (unpaired) electrons. The topological polar surface area (TPSA) is 34.1 Å². The molecular weight excluding hydrogens is 140 g/mol. The highest BCUT2D eigenvalue weighted by Crippen LogP contribution is 2.53. The Balaban J connectivity index is 2.10. The van der Waals surface area contributed by atoms with Gasteiger partial charge in [-0.25, -0.2) is 0 Å². The van der Waals surface area contributed by atoms with Gasteiger partial charge in [-0.1, -0.05) is 0 Å². The van der Waals surface area contributed by atoms with Gasteiger partial charge in [0.05, 0.1) is 0 Å². The van der Waals surface area contributed by atoms with Crippen LogP contribution in [0.1, 0.15) is 26.2 Å². The maximum Gasteiger partial charge on any atom is 0.137 e. The molecule has 2 aliphatic rings. The monoisotopic (exact) mass is 152 g/mol. The lowest BCUT2D eigenvalue weighted by Crippen LogP contribution is -2.08. The van der Waals surface area contributed by atoms with Gasteiger partial charge < -0.3 is 0 Å². The first-order valence-electron chi connectivity index (χ1n) is 4.25. The van der Waals surface area contributed by atoms with Gasteiger partial charge in [-0.15, -0.1) is 0 Å². The van der Waals surface area contributed by atoms with E-state index in [4.69, 9.17) is 0 Å². The number of fused-ring (bicyclic) bond motifs is 1. The number of Topliss-reactive ketones (excluding diaryl/α,β-unsaturated/α-hetero) is 2. The fourth-order valence-corrected chi connectivity index (χ4v) is 2.41. The molecule has 0 aromatic rings. The van der Waals surface area contributed by atoms with E-state index in [1.807, 2.05) is 0 Å². The van der Waals surface area contributed by atoms with E-state index in [2.05, 4.69) is 0 Å². The average Bonchev–Trinajstić information content (AvgIpc) is 2.62. The summed E-state index contributed by atoms with van der Waals surface area (Å²) < 4.78 is 0. The van der Waals surface area contributed by atoms with Gasteiger partial charge >= 0.3 is 0 Å². The molecule has 2 rings (SSSR count). The molecule has 0 spiro atoms. The Hall–Kier alpha value is -0.660. The van der Waals surface area contributed by atoms with Crippen LogP contribution in [-0.4, -0.2) is 11.6 Å². The van der Waals surface area contributed by atoms with Crippen molar-refractivity contribution in [2.75, 3.05) is 0 Å². The first-order chi connectivity index (χ1) is 5.22. The first kappa shape index (κ1) is 7.01. The Kier molecular flexibility index (Phi) is 1.38. The molecule has 2 saturated carbocycles. The van der Waals surface area contributed by atoms with Gasteiger partial charge in [0.1, 0.15) is 11.6 Å². The van der Waals surface area contributed by atoms with E-state index in [-0.39, 0.29) is 17.6 Å². The molecule has 2 nitrogen and oxygen atoms in total. The van der Waals surface area contributed by atoms with Crippen molar-refractivity contribution in [2.45, 2.75) is 26.2 Å². The number of hydrogen-bond acceptors (Lipinski definition) is 2. The second-order valence-corrected chi connectivity index (χ2v) is 3.68. The number of rotatable bonds is 1. The molecule has 0 amide bonds. The number of carbonyl (C=O) groups excluding carboxylic acids is 2. The highest BCUT2D eigenvalue weighted by molar-refractivity contribution is 5.94. The normalized spacial score (nSPS) is 41.5. The molecule has 0 heterocycles. The van der Waals surface area contributed by atoms with Crippen LogP contribution >= 0.6 is 0 Å². The third kappa shape index (κ3) is 0.924. The molecule has 2 fully saturated rings. The minimum Gasteiger partial charge on any atom is -0.300 e. The predicted octanol–water partition coefficient (Wildman–Crippen LogP) is 1.19. The molecule has 0 saturated heterocycles. The average molecular weight is 152 g/mol. The van der Waals surface area contributed by atoms with Crippen molar-refractivity contribution in [3.63, 3.8) is 0 Å². The maximum absolute atomic E-state index is 11.2. The summed E-state index contributed by atoms with van der Waals surface area (Å²) in [5.74, 6) is 1.25. The van der Waals surface area contributed by atoms with Crippen LogP contribution in [0.3, 0.4) is 0 Å². The molecule has 3 atom stereocenters. The van der Waals surface area contributed by atoms with Gasteiger partial charge in [-0.2, -0.15) is 0 Å². The van der Waals surface area contributed by atoms with Gasteiger partial charge in [0.15, 0.2) is 0 Å². The minimum absolute atomic E-state index is 0.116. The zero-order chi connectivity index (χ0) is 8.01. The van der Waals surface area contributed by atoms with Crippen molar-refractivity contribution >= 4 is 11.6 Å². The Labute approximate surface area is 66.0 Å². The summed E-state index contributed by atoms with van der Waals surface area (Å²) in [6.07, 6.45) is 2.81. The summed E-state index contributed by atoms with van der Waals surface area (Å²) in [6.45, 7) is 1.61. The highest BCUT2D eigenvalue weighted by atomic mass is 16.1. The lowest BCUT2D eigenvalue weighted by molar-refractivity contribution is -0.124. The van der Waals surface area contributed by atoms with Crippen molar-refractivity contribution in [1.82, 2.24) is 0 Å². The molecule has 2 heteroatoms. The zero-order valence-electron chi connectivity index (χ0n) is 6.67. The molecule has 3 unspecified atom stereocenters. The van der Waals surface area contributed by atoms with Crippen molar-refractivity contribution < 1.29 is 9.59 Å². The smallest absolute Gasteiger partial charge is 0.137 e. The summed E-state index contributed by atoms with van der Waals surface area (Å²) in [5.41, 5.74) is 0. The van der Waals surface area contributed by atoms with Crippen molar-refractivity contribution in [3.05, 3.63) is 0 Å². The minimum atomic E-state index is 0.116. The van der Waals surface area contributed by atoms with Gasteiger partial charge in [0, 0.05) is 18.3 Å². The Morgan fingerprint density at radius 3 is 2.82 bits per heavy atom. The largest absolute Gasteiger partial charge is 0.300 e. The fraction of sp³-hybridized carbons (Fsp3) is 0.778. The van der Waals surface area contributed by atoms with Crippen LogP contribution in [0.4, 0.5) is 0 Å². The van der Waals surface area contributed by atoms with Crippen LogP contribution < -0.4 is 0 Å². The third-order valence-electron chi connectivity index (χ3n) is 2.97. The van der Waals surface area contributed by atoms with Crippen LogP contribution in [0, 0.1) is 17.8 Å². The molecule has 60 valence electrons. The highest BCUT2D eigenvalue weighted by Gasteiger charge is 2.57. The van der Waals surface area contributed by atoms with Gasteiger partial charge in [0.2, 0.25) is 0 Å². The first-order valence-corrected chi connectivity index (χ1v) is 4.25. The van der Waals surface area contributed by atoms with E-state index in [1.54, 1.807) is 6.92 Å². The van der Waals surface area contributed by atoms with E-state index in [1.165, 1.54) is 0 Å². The number of hydrogen-bond donors (Lipinski definition) is 0.